The second kappa shape index (κ2) is 14.2. The molecular weight excluding hydrogens is 823 g/mol. The molecule has 0 spiro atoms. The number of nitrogens with one attached hydrogen (secondary N) is 2. The molecule has 0 bridgehead atoms. The Morgan fingerprint density at radius 3 is 2.41 bits per heavy atom. The predicted molar refractivity (Wildman–Crippen MR) is 195 cm³/mol. The summed E-state index contributed by atoms with van der Waals surface area (Å²) >= 11 is 6.55. The summed E-state index contributed by atoms with van der Waals surface area (Å²) < 4.78 is 130. The highest BCUT2D eigenvalue weighted by Crippen LogP contribution is 2.68. The number of fused-ring (bicyclic) bond motifs is 4. The van der Waals surface area contributed by atoms with Crippen molar-refractivity contribution in [2.24, 2.45) is 13.0 Å². The molecule has 2 aromatic carbocycles. The number of carbonyl (C=O) groups excluding carboxylic acids is 1. The van der Waals surface area contributed by atoms with E-state index in [9.17, 15) is 45.4 Å². The Bertz CT molecular complexity index is 2670. The molecule has 3 aromatic heterocycles. The molecule has 0 aliphatic heterocycles. The van der Waals surface area contributed by atoms with E-state index in [0.717, 1.165) is 18.4 Å². The van der Waals surface area contributed by atoms with Crippen LogP contribution in [0.2, 0.25) is 5.02 Å². The van der Waals surface area contributed by atoms with Crippen LogP contribution in [0.4, 0.5) is 36.6 Å². The van der Waals surface area contributed by atoms with Gasteiger partial charge in [0, 0.05) is 35.7 Å². The van der Waals surface area contributed by atoms with Crippen LogP contribution >= 0.6 is 11.6 Å². The zero-order valence-corrected chi connectivity index (χ0v) is 32.0. The molecule has 0 saturated heterocycles. The lowest BCUT2D eigenvalue weighted by atomic mass is 9.93. The lowest BCUT2D eigenvalue weighted by Crippen LogP contribution is -2.35. The monoisotopic (exact) mass is 853 g/mol. The molecule has 5 aromatic rings. The topological polar surface area (TPSA) is 164 Å². The number of rotatable bonds is 10. The van der Waals surface area contributed by atoms with E-state index in [4.69, 9.17) is 11.6 Å². The summed E-state index contributed by atoms with van der Waals surface area (Å²) in [6.45, 7) is -0.673. The van der Waals surface area contributed by atoms with Crippen LogP contribution in [0.3, 0.4) is 0 Å². The zero-order valence-electron chi connectivity index (χ0n) is 30.4. The molecule has 1 amide bonds. The third kappa shape index (κ3) is 7.83. The van der Waals surface area contributed by atoms with E-state index in [0.29, 0.717) is 10.7 Å². The van der Waals surface area contributed by atoms with Crippen LogP contribution in [0, 0.1) is 29.4 Å². The van der Waals surface area contributed by atoms with Crippen molar-refractivity contribution in [3.8, 4) is 23.0 Å². The average Bonchev–Trinajstić information content (AvgIpc) is 3.65. The predicted octanol–water partition coefficient (Wildman–Crippen LogP) is 5.56. The summed E-state index contributed by atoms with van der Waals surface area (Å²) in [5, 5.41) is 30.4. The number of sulfonamides is 1. The summed E-state index contributed by atoms with van der Waals surface area (Å²) in [4.78, 5) is 18.5. The van der Waals surface area contributed by atoms with Gasteiger partial charge in [-0.15, -0.1) is 0 Å². The molecule has 7 rings (SSSR count). The number of nitrogens with zero attached hydrogens (tertiary/aromatic N) is 5. The minimum Gasteiger partial charge on any atom is -0.392 e. The highest BCUT2D eigenvalue weighted by molar-refractivity contribution is 7.92. The van der Waals surface area contributed by atoms with Gasteiger partial charge >= 0.3 is 6.18 Å². The first-order chi connectivity index (χ1) is 27.0. The second-order valence-electron chi connectivity index (χ2n) is 14.4. The minimum atomic E-state index is -5.10. The molecule has 12 nitrogen and oxygen atoms in total. The number of hydrogen-bond acceptors (Lipinski definition) is 8. The van der Waals surface area contributed by atoms with Crippen molar-refractivity contribution in [2.75, 3.05) is 17.6 Å². The van der Waals surface area contributed by atoms with Crippen LogP contribution in [0.25, 0.3) is 22.0 Å². The summed E-state index contributed by atoms with van der Waals surface area (Å²) in [5.41, 5.74) is -4.63. The van der Waals surface area contributed by atoms with E-state index in [1.165, 1.54) is 42.9 Å². The molecule has 0 radical (unpaired) electrons. The van der Waals surface area contributed by atoms with Crippen molar-refractivity contribution >= 4 is 44.3 Å². The van der Waals surface area contributed by atoms with Crippen LogP contribution in [0.15, 0.2) is 42.5 Å². The number of benzene rings is 2. The zero-order chi connectivity index (χ0) is 42.3. The fourth-order valence-corrected chi connectivity index (χ4v) is 8.00. The van der Waals surface area contributed by atoms with E-state index >= 15 is 8.78 Å². The van der Waals surface area contributed by atoms with Crippen molar-refractivity contribution in [2.45, 2.75) is 56.0 Å². The SMILES string of the molecule is Cn1nc(NS(C)(=O)=O)c2c(Cl)ccc(-c3ccc(C#CC(C)(O)CO)nc3[C@H](Cc3cc(F)cc(F)c3)NC(=O)Cn3nc(C(F)(F)F)c4c3C(F)(F)[C@@H]3C[C@H]43)c21. The van der Waals surface area contributed by atoms with Gasteiger partial charge in [0.1, 0.15) is 35.2 Å². The Labute approximate surface area is 330 Å². The summed E-state index contributed by atoms with van der Waals surface area (Å²) in [7, 11) is -2.39. The molecule has 1 unspecified atom stereocenters. The molecule has 58 heavy (non-hydrogen) atoms. The van der Waals surface area contributed by atoms with Gasteiger partial charge in [-0.3, -0.25) is 18.9 Å². The molecular formula is C37H31ClF7N7O5S. The maximum atomic E-state index is 15.4. The van der Waals surface area contributed by atoms with Crippen molar-refractivity contribution in [1.82, 2.24) is 29.9 Å². The Balaban J connectivity index is 1.40. The van der Waals surface area contributed by atoms with Gasteiger partial charge in [0.2, 0.25) is 15.9 Å². The smallest absolute Gasteiger partial charge is 0.392 e. The van der Waals surface area contributed by atoms with E-state index < -0.39 is 99.7 Å². The summed E-state index contributed by atoms with van der Waals surface area (Å²) in [6.07, 6.45) is -4.82. The fourth-order valence-electron chi connectivity index (χ4n) is 7.27. The van der Waals surface area contributed by atoms with Gasteiger partial charge in [-0.25, -0.2) is 22.2 Å². The molecule has 306 valence electrons. The second-order valence-corrected chi connectivity index (χ2v) is 16.6. The molecule has 4 atom stereocenters. The number of pyridine rings is 1. The van der Waals surface area contributed by atoms with Crippen LogP contribution in [-0.2, 0) is 46.9 Å². The number of aliphatic hydroxyl groups is 2. The molecule has 1 saturated carbocycles. The lowest BCUT2D eigenvalue weighted by Gasteiger charge is -2.23. The third-order valence-corrected chi connectivity index (χ3v) is 10.6. The number of anilines is 1. The Kier molecular flexibility index (Phi) is 10.1. The number of amides is 1. The normalized spacial score (nSPS) is 18.5. The summed E-state index contributed by atoms with van der Waals surface area (Å²) in [6, 6.07) is 6.85. The van der Waals surface area contributed by atoms with Gasteiger partial charge in [0.15, 0.2) is 11.5 Å². The Morgan fingerprint density at radius 2 is 1.78 bits per heavy atom. The third-order valence-electron chi connectivity index (χ3n) is 9.72. The molecule has 21 heteroatoms. The number of alkyl halides is 5. The number of aryl methyl sites for hydroxylation is 1. The van der Waals surface area contributed by atoms with Gasteiger partial charge in [0.05, 0.1) is 40.5 Å². The van der Waals surface area contributed by atoms with Crippen LogP contribution in [0.1, 0.15) is 59.2 Å². The highest BCUT2D eigenvalue weighted by atomic mass is 35.5. The molecule has 2 aliphatic rings. The van der Waals surface area contributed by atoms with Gasteiger partial charge in [-0.05, 0) is 67.5 Å². The van der Waals surface area contributed by atoms with Gasteiger partial charge in [-0.1, -0.05) is 23.6 Å². The first-order valence-electron chi connectivity index (χ1n) is 17.3. The van der Waals surface area contributed by atoms with Crippen molar-refractivity contribution in [3.63, 3.8) is 0 Å². The maximum Gasteiger partial charge on any atom is 0.435 e. The molecule has 4 N–H and O–H groups in total. The quantitative estimate of drug-likeness (QED) is 0.105. The molecule has 3 heterocycles. The minimum absolute atomic E-state index is 0.0392. The number of halogens is 8. The molecule has 1 fully saturated rings. The largest absolute Gasteiger partial charge is 0.435 e. The number of carbonyl (C=O) groups is 1. The van der Waals surface area contributed by atoms with Gasteiger partial charge in [-0.2, -0.15) is 32.1 Å². The Morgan fingerprint density at radius 1 is 1.10 bits per heavy atom. The number of aromatic nitrogens is 5. The maximum absolute atomic E-state index is 15.4. The van der Waals surface area contributed by atoms with Gasteiger partial charge < -0.3 is 15.5 Å². The van der Waals surface area contributed by atoms with E-state index in [1.807, 2.05) is 0 Å². The van der Waals surface area contributed by atoms with E-state index in [1.54, 1.807) is 0 Å². The van der Waals surface area contributed by atoms with Crippen LogP contribution in [-0.4, -0.2) is 67.5 Å². The first-order valence-corrected chi connectivity index (χ1v) is 19.6. The van der Waals surface area contributed by atoms with Crippen molar-refractivity contribution in [3.05, 3.63) is 93.0 Å². The average molecular weight is 854 g/mol. The van der Waals surface area contributed by atoms with Crippen molar-refractivity contribution in [1.29, 1.82) is 0 Å². The van der Waals surface area contributed by atoms with Crippen LogP contribution < -0.4 is 10.0 Å². The number of aliphatic hydroxyl groups excluding tert-OH is 1. The van der Waals surface area contributed by atoms with E-state index in [2.05, 4.69) is 37.1 Å². The highest BCUT2D eigenvalue weighted by Gasteiger charge is 2.68. The summed E-state index contributed by atoms with van der Waals surface area (Å²) in [5.74, 6) is -4.36. The number of hydrogen-bond donors (Lipinski definition) is 4. The standard InChI is InChI=1S/C37H31ClF7N7O5S/c1-35(55,16-53)9-8-20-4-5-21(22-6-7-25(38)29-31(22)51(2)49-34(29)50-58(3,56)57)30(46-20)26(12-17-10-18(39)13-19(40)11-17)47-27(54)15-52-33-28(32(48-52)37(43,44)45)23-14-24(23)36(33,41)42/h4-7,10-11,13,23-24,26,53,55H,12,14-16H2,1-3H3,(H,47,54)(H,49,50)/t23-,24+,26-,35?/m0/s1. The fraction of sp³-hybridized carbons (Fsp3) is 0.351. The Hall–Kier alpha value is -5.23. The lowest BCUT2D eigenvalue weighted by molar-refractivity contribution is -0.142. The van der Waals surface area contributed by atoms with Gasteiger partial charge in [0.25, 0.3) is 5.92 Å². The van der Waals surface area contributed by atoms with Crippen molar-refractivity contribution < 1.29 is 54.2 Å². The van der Waals surface area contributed by atoms with E-state index in [-0.39, 0.29) is 56.2 Å². The van der Waals surface area contributed by atoms with Crippen LogP contribution in [0.5, 0.6) is 0 Å². The first kappa shape index (κ1) is 40.9. The molecule has 2 aliphatic carbocycles.